The van der Waals surface area contributed by atoms with Crippen LogP contribution in [0.15, 0.2) is 35.3 Å². The van der Waals surface area contributed by atoms with E-state index >= 15 is 0 Å². The van der Waals surface area contributed by atoms with Crippen molar-refractivity contribution >= 4 is 5.96 Å². The van der Waals surface area contributed by atoms with Gasteiger partial charge in [0.15, 0.2) is 5.96 Å². The molecule has 3 atom stereocenters. The van der Waals surface area contributed by atoms with Crippen molar-refractivity contribution < 1.29 is 9.47 Å². The standard InChI is InChI=1S/C22H36N4O2/c1-3-23-22(25-13-21-14-26-11-7-10-20(26)17-28-21)24-12-18(2)15-27-16-19-8-5-4-6-9-19/h4-6,8-9,18,20-21H,3,7,10-17H2,1-2H3,(H2,23,24,25). The van der Waals surface area contributed by atoms with E-state index in [9.17, 15) is 0 Å². The van der Waals surface area contributed by atoms with Crippen LogP contribution in [0, 0.1) is 5.92 Å². The lowest BCUT2D eigenvalue weighted by atomic mass is 10.2. The molecule has 0 aromatic heterocycles. The Kier molecular flexibility index (Phi) is 8.58. The van der Waals surface area contributed by atoms with Crippen molar-refractivity contribution in [1.29, 1.82) is 0 Å². The van der Waals surface area contributed by atoms with Crippen molar-refractivity contribution in [1.82, 2.24) is 15.5 Å². The van der Waals surface area contributed by atoms with Crippen LogP contribution < -0.4 is 10.6 Å². The Morgan fingerprint density at radius 2 is 2.18 bits per heavy atom. The van der Waals surface area contributed by atoms with Crippen LogP contribution in [0.25, 0.3) is 0 Å². The van der Waals surface area contributed by atoms with Crippen LogP contribution in [0.3, 0.4) is 0 Å². The minimum absolute atomic E-state index is 0.241. The molecule has 1 aromatic rings. The van der Waals surface area contributed by atoms with E-state index in [4.69, 9.17) is 14.5 Å². The molecule has 28 heavy (non-hydrogen) atoms. The van der Waals surface area contributed by atoms with Gasteiger partial charge < -0.3 is 20.1 Å². The predicted molar refractivity (Wildman–Crippen MR) is 114 cm³/mol. The Labute approximate surface area is 169 Å². The summed E-state index contributed by atoms with van der Waals surface area (Å²) in [5.74, 6) is 1.24. The van der Waals surface area contributed by atoms with Crippen LogP contribution in [-0.4, -0.2) is 68.9 Å². The SMILES string of the molecule is CCNC(=NCC(C)COCc1ccccc1)NCC1CN2CCCC2CO1. The molecule has 2 aliphatic heterocycles. The minimum atomic E-state index is 0.241. The van der Waals surface area contributed by atoms with Gasteiger partial charge in [0.25, 0.3) is 0 Å². The Hall–Kier alpha value is -1.63. The molecule has 0 saturated carbocycles. The normalized spacial score (nSPS) is 24.0. The number of morpholine rings is 1. The fourth-order valence-electron chi connectivity index (χ4n) is 3.81. The molecule has 3 unspecified atom stereocenters. The number of aliphatic imine (C=N–C) groups is 1. The molecule has 2 fully saturated rings. The van der Waals surface area contributed by atoms with Gasteiger partial charge in [-0.15, -0.1) is 0 Å². The first-order valence-electron chi connectivity index (χ1n) is 10.7. The summed E-state index contributed by atoms with van der Waals surface area (Å²) in [6.07, 6.45) is 2.83. The summed E-state index contributed by atoms with van der Waals surface area (Å²) in [7, 11) is 0. The highest BCUT2D eigenvalue weighted by Crippen LogP contribution is 2.22. The Morgan fingerprint density at radius 1 is 1.32 bits per heavy atom. The molecule has 2 heterocycles. The highest BCUT2D eigenvalue weighted by Gasteiger charge is 2.32. The van der Waals surface area contributed by atoms with Crippen LogP contribution >= 0.6 is 0 Å². The molecular formula is C22H36N4O2. The second-order valence-electron chi connectivity index (χ2n) is 7.95. The summed E-state index contributed by atoms with van der Waals surface area (Å²) >= 11 is 0. The minimum Gasteiger partial charge on any atom is -0.376 e. The summed E-state index contributed by atoms with van der Waals surface area (Å²) in [5.41, 5.74) is 1.21. The fraction of sp³-hybridized carbons (Fsp3) is 0.682. The number of nitrogens with one attached hydrogen (secondary N) is 2. The van der Waals surface area contributed by atoms with Gasteiger partial charge in [-0.3, -0.25) is 9.89 Å². The summed E-state index contributed by atoms with van der Waals surface area (Å²) in [6, 6.07) is 10.9. The maximum atomic E-state index is 6.03. The maximum absolute atomic E-state index is 6.03. The largest absolute Gasteiger partial charge is 0.376 e. The highest BCUT2D eigenvalue weighted by molar-refractivity contribution is 5.79. The molecular weight excluding hydrogens is 352 g/mol. The summed E-state index contributed by atoms with van der Waals surface area (Å²) in [5, 5.41) is 6.79. The van der Waals surface area contributed by atoms with Crippen molar-refractivity contribution in [2.75, 3.05) is 45.9 Å². The van der Waals surface area contributed by atoms with Crippen molar-refractivity contribution in [2.24, 2.45) is 10.9 Å². The van der Waals surface area contributed by atoms with Crippen LogP contribution in [0.2, 0.25) is 0 Å². The monoisotopic (exact) mass is 388 g/mol. The van der Waals surface area contributed by atoms with E-state index in [1.807, 2.05) is 18.2 Å². The van der Waals surface area contributed by atoms with Gasteiger partial charge in [0.2, 0.25) is 0 Å². The number of fused-ring (bicyclic) bond motifs is 1. The number of hydrogen-bond acceptors (Lipinski definition) is 4. The van der Waals surface area contributed by atoms with E-state index in [0.29, 0.717) is 25.2 Å². The smallest absolute Gasteiger partial charge is 0.191 e. The first-order chi connectivity index (χ1) is 13.7. The number of nitrogens with zero attached hydrogens (tertiary/aromatic N) is 2. The van der Waals surface area contributed by atoms with Crippen molar-refractivity contribution in [3.63, 3.8) is 0 Å². The van der Waals surface area contributed by atoms with Gasteiger partial charge in [-0.2, -0.15) is 0 Å². The van der Waals surface area contributed by atoms with E-state index < -0.39 is 0 Å². The van der Waals surface area contributed by atoms with Crippen LogP contribution in [0.5, 0.6) is 0 Å². The molecule has 0 radical (unpaired) electrons. The molecule has 3 rings (SSSR count). The first-order valence-corrected chi connectivity index (χ1v) is 10.7. The molecule has 0 amide bonds. The van der Waals surface area contributed by atoms with E-state index in [-0.39, 0.29) is 6.10 Å². The Bertz CT molecular complexity index is 595. The van der Waals surface area contributed by atoms with Gasteiger partial charge in [0.1, 0.15) is 0 Å². The third-order valence-electron chi connectivity index (χ3n) is 5.38. The highest BCUT2D eigenvalue weighted by atomic mass is 16.5. The second-order valence-corrected chi connectivity index (χ2v) is 7.95. The quantitative estimate of drug-likeness (QED) is 0.502. The summed E-state index contributed by atoms with van der Waals surface area (Å²) in [4.78, 5) is 7.31. The topological polar surface area (TPSA) is 58.1 Å². The van der Waals surface area contributed by atoms with Crippen LogP contribution in [-0.2, 0) is 16.1 Å². The zero-order valence-corrected chi connectivity index (χ0v) is 17.4. The van der Waals surface area contributed by atoms with Crippen molar-refractivity contribution in [3.05, 3.63) is 35.9 Å². The summed E-state index contributed by atoms with van der Waals surface area (Å²) < 4.78 is 11.9. The molecule has 2 aliphatic rings. The number of hydrogen-bond donors (Lipinski definition) is 2. The average molecular weight is 389 g/mol. The molecule has 2 saturated heterocycles. The fourth-order valence-corrected chi connectivity index (χ4v) is 3.81. The number of ether oxygens (including phenoxy) is 2. The number of rotatable bonds is 9. The molecule has 156 valence electrons. The number of guanidine groups is 1. The molecule has 0 aliphatic carbocycles. The van der Waals surface area contributed by atoms with Gasteiger partial charge in [-0.1, -0.05) is 37.3 Å². The zero-order chi connectivity index (χ0) is 19.6. The van der Waals surface area contributed by atoms with Gasteiger partial charge in [-0.25, -0.2) is 0 Å². The lowest BCUT2D eigenvalue weighted by molar-refractivity contribution is -0.0453. The molecule has 1 aromatic carbocycles. The zero-order valence-electron chi connectivity index (χ0n) is 17.4. The lowest BCUT2D eigenvalue weighted by Crippen LogP contribution is -2.51. The van der Waals surface area contributed by atoms with E-state index in [1.165, 1.54) is 24.9 Å². The van der Waals surface area contributed by atoms with E-state index in [2.05, 4.69) is 41.5 Å². The van der Waals surface area contributed by atoms with Gasteiger partial charge in [-0.05, 0) is 37.8 Å². The van der Waals surface area contributed by atoms with E-state index in [0.717, 1.165) is 38.7 Å². The van der Waals surface area contributed by atoms with E-state index in [1.54, 1.807) is 0 Å². The average Bonchev–Trinajstić information content (AvgIpc) is 3.19. The molecule has 2 N–H and O–H groups in total. The lowest BCUT2D eigenvalue weighted by Gasteiger charge is -2.35. The van der Waals surface area contributed by atoms with Crippen LogP contribution in [0.1, 0.15) is 32.3 Å². The first kappa shape index (κ1) is 21.1. The number of benzene rings is 1. The third-order valence-corrected chi connectivity index (χ3v) is 5.38. The molecule has 0 bridgehead atoms. The molecule has 0 spiro atoms. The maximum Gasteiger partial charge on any atom is 0.191 e. The predicted octanol–water partition coefficient (Wildman–Crippen LogP) is 2.26. The van der Waals surface area contributed by atoms with Gasteiger partial charge in [0, 0.05) is 32.2 Å². The Morgan fingerprint density at radius 3 is 3.00 bits per heavy atom. The van der Waals surface area contributed by atoms with Crippen LogP contribution in [0.4, 0.5) is 0 Å². The molecule has 6 nitrogen and oxygen atoms in total. The Balaban J connectivity index is 1.36. The van der Waals surface area contributed by atoms with Crippen molar-refractivity contribution in [3.8, 4) is 0 Å². The van der Waals surface area contributed by atoms with Crippen molar-refractivity contribution in [2.45, 2.75) is 45.4 Å². The van der Waals surface area contributed by atoms with Gasteiger partial charge >= 0.3 is 0 Å². The summed E-state index contributed by atoms with van der Waals surface area (Å²) in [6.45, 7) is 11.1. The second kappa shape index (κ2) is 11.4. The van der Waals surface area contributed by atoms with Gasteiger partial charge in [0.05, 0.1) is 25.9 Å². The molecule has 6 heteroatoms. The third kappa shape index (κ3) is 6.76.